The van der Waals surface area contributed by atoms with Gasteiger partial charge in [-0.3, -0.25) is 4.79 Å². The summed E-state index contributed by atoms with van der Waals surface area (Å²) in [5.74, 6) is -0.221. The standard InChI is InChI=1S/C14H19ClN2O2/c15-12-3-1-10(2-4-12)13(18)9-17-7-5-11(6-8-17)14(16)19/h1-4,11,13,18H,5-9H2,(H2,16,19)/t13-/m1/s1. The van der Waals surface area contributed by atoms with E-state index in [1.807, 2.05) is 12.1 Å². The van der Waals surface area contributed by atoms with Gasteiger partial charge in [0.25, 0.3) is 0 Å². The summed E-state index contributed by atoms with van der Waals surface area (Å²) in [6.07, 6.45) is 1.04. The fourth-order valence-corrected chi connectivity index (χ4v) is 2.56. The topological polar surface area (TPSA) is 66.6 Å². The van der Waals surface area contributed by atoms with Crippen LogP contribution in [0.2, 0.25) is 5.02 Å². The number of rotatable bonds is 4. The van der Waals surface area contributed by atoms with Crippen LogP contribution < -0.4 is 5.73 Å². The van der Waals surface area contributed by atoms with Gasteiger partial charge in [-0.1, -0.05) is 23.7 Å². The molecule has 0 saturated carbocycles. The number of nitrogens with two attached hydrogens (primary N) is 1. The van der Waals surface area contributed by atoms with Gasteiger partial charge < -0.3 is 15.7 Å². The number of benzene rings is 1. The SMILES string of the molecule is NC(=O)C1CCN(C[C@@H](O)c2ccc(Cl)cc2)CC1. The fourth-order valence-electron chi connectivity index (χ4n) is 2.43. The molecule has 1 saturated heterocycles. The van der Waals surface area contributed by atoms with E-state index in [9.17, 15) is 9.90 Å². The van der Waals surface area contributed by atoms with E-state index in [0.29, 0.717) is 11.6 Å². The van der Waals surface area contributed by atoms with Crippen LogP contribution >= 0.6 is 11.6 Å². The summed E-state index contributed by atoms with van der Waals surface area (Å²) in [5, 5.41) is 10.8. The number of likely N-dealkylation sites (tertiary alicyclic amines) is 1. The highest BCUT2D eigenvalue weighted by Crippen LogP contribution is 2.21. The lowest BCUT2D eigenvalue weighted by Gasteiger charge is -2.31. The minimum absolute atomic E-state index is 0.0103. The molecule has 0 unspecified atom stereocenters. The quantitative estimate of drug-likeness (QED) is 0.881. The zero-order valence-corrected chi connectivity index (χ0v) is 11.5. The van der Waals surface area contributed by atoms with Crippen LogP contribution in [-0.2, 0) is 4.79 Å². The summed E-state index contributed by atoms with van der Waals surface area (Å²) in [5.41, 5.74) is 6.16. The number of nitrogens with zero attached hydrogens (tertiary/aromatic N) is 1. The molecule has 1 aliphatic heterocycles. The second-order valence-electron chi connectivity index (χ2n) is 5.04. The first-order valence-corrected chi connectivity index (χ1v) is 6.89. The highest BCUT2D eigenvalue weighted by atomic mass is 35.5. The van der Waals surface area contributed by atoms with Gasteiger partial charge in [-0.25, -0.2) is 0 Å². The van der Waals surface area contributed by atoms with Crippen LogP contribution in [0.5, 0.6) is 0 Å². The van der Waals surface area contributed by atoms with Crippen molar-refractivity contribution in [1.82, 2.24) is 4.90 Å². The second-order valence-corrected chi connectivity index (χ2v) is 5.48. The molecule has 4 nitrogen and oxygen atoms in total. The maximum absolute atomic E-state index is 11.1. The number of amides is 1. The molecule has 0 aliphatic carbocycles. The van der Waals surface area contributed by atoms with Crippen molar-refractivity contribution >= 4 is 17.5 Å². The van der Waals surface area contributed by atoms with Gasteiger partial charge in [-0.15, -0.1) is 0 Å². The Morgan fingerprint density at radius 3 is 2.47 bits per heavy atom. The van der Waals surface area contributed by atoms with Crippen LogP contribution in [0, 0.1) is 5.92 Å². The molecule has 1 aromatic rings. The number of hydrogen-bond acceptors (Lipinski definition) is 3. The molecule has 1 atom stereocenters. The molecule has 1 heterocycles. The molecule has 2 rings (SSSR count). The van der Waals surface area contributed by atoms with E-state index < -0.39 is 6.10 Å². The van der Waals surface area contributed by atoms with Crippen molar-refractivity contribution in [2.45, 2.75) is 18.9 Å². The van der Waals surface area contributed by atoms with Gasteiger partial charge >= 0.3 is 0 Å². The number of primary amides is 1. The number of aliphatic hydroxyl groups excluding tert-OH is 1. The molecule has 1 aliphatic rings. The van der Waals surface area contributed by atoms with Crippen molar-refractivity contribution < 1.29 is 9.90 Å². The lowest BCUT2D eigenvalue weighted by Crippen LogP contribution is -2.40. The van der Waals surface area contributed by atoms with Crippen LogP contribution in [0.1, 0.15) is 24.5 Å². The Balaban J connectivity index is 1.85. The number of hydrogen-bond donors (Lipinski definition) is 2. The highest BCUT2D eigenvalue weighted by molar-refractivity contribution is 6.30. The maximum Gasteiger partial charge on any atom is 0.220 e. The highest BCUT2D eigenvalue weighted by Gasteiger charge is 2.24. The minimum Gasteiger partial charge on any atom is -0.387 e. The Hall–Kier alpha value is -1.10. The number of halogens is 1. The van der Waals surface area contributed by atoms with Gasteiger partial charge in [0.1, 0.15) is 0 Å². The Labute approximate surface area is 118 Å². The third kappa shape index (κ3) is 3.93. The number of piperidine rings is 1. The van der Waals surface area contributed by atoms with Gasteiger partial charge in [0.2, 0.25) is 5.91 Å². The average molecular weight is 283 g/mol. The van der Waals surface area contributed by atoms with Gasteiger partial charge in [-0.2, -0.15) is 0 Å². The second kappa shape index (κ2) is 6.37. The van der Waals surface area contributed by atoms with Crippen LogP contribution in [0.15, 0.2) is 24.3 Å². The van der Waals surface area contributed by atoms with E-state index in [1.54, 1.807) is 12.1 Å². The number of β-amino-alcohol motifs (C(OH)–C–C–N with tert-alkyl or cyclic N) is 1. The average Bonchev–Trinajstić information content (AvgIpc) is 2.40. The molecule has 0 aromatic heterocycles. The zero-order chi connectivity index (χ0) is 13.8. The van der Waals surface area contributed by atoms with E-state index >= 15 is 0 Å². The van der Waals surface area contributed by atoms with Crippen LogP contribution in [-0.4, -0.2) is 35.5 Å². The smallest absolute Gasteiger partial charge is 0.220 e. The molecule has 0 radical (unpaired) electrons. The monoisotopic (exact) mass is 282 g/mol. The molecule has 0 bridgehead atoms. The van der Waals surface area contributed by atoms with E-state index in [-0.39, 0.29) is 11.8 Å². The van der Waals surface area contributed by atoms with Gasteiger partial charge in [-0.05, 0) is 43.6 Å². The normalized spacial score (nSPS) is 19.3. The Morgan fingerprint density at radius 1 is 1.37 bits per heavy atom. The van der Waals surface area contributed by atoms with E-state index in [2.05, 4.69) is 4.90 Å². The van der Waals surface area contributed by atoms with E-state index in [4.69, 9.17) is 17.3 Å². The van der Waals surface area contributed by atoms with Gasteiger partial charge in [0, 0.05) is 17.5 Å². The third-order valence-corrected chi connectivity index (χ3v) is 3.93. The number of carbonyl (C=O) groups excluding carboxylic acids is 1. The Kier molecular flexibility index (Phi) is 4.80. The van der Waals surface area contributed by atoms with E-state index in [0.717, 1.165) is 31.5 Å². The molecule has 1 amide bonds. The first-order chi connectivity index (χ1) is 9.06. The fraction of sp³-hybridized carbons (Fsp3) is 0.500. The van der Waals surface area contributed by atoms with Crippen molar-refractivity contribution in [3.05, 3.63) is 34.9 Å². The minimum atomic E-state index is -0.526. The van der Waals surface area contributed by atoms with Crippen LogP contribution in [0.25, 0.3) is 0 Å². The van der Waals surface area contributed by atoms with Crippen molar-refractivity contribution in [2.24, 2.45) is 11.7 Å². The molecule has 1 fully saturated rings. The van der Waals surface area contributed by atoms with Crippen LogP contribution in [0.4, 0.5) is 0 Å². The van der Waals surface area contributed by atoms with Crippen LogP contribution in [0.3, 0.4) is 0 Å². The van der Waals surface area contributed by atoms with E-state index in [1.165, 1.54) is 0 Å². The summed E-state index contributed by atoms with van der Waals surface area (Å²) in [6, 6.07) is 7.23. The summed E-state index contributed by atoms with van der Waals surface area (Å²) in [7, 11) is 0. The Morgan fingerprint density at radius 2 is 1.95 bits per heavy atom. The molecule has 5 heteroatoms. The molecular weight excluding hydrogens is 264 g/mol. The number of carbonyl (C=O) groups is 1. The summed E-state index contributed by atoms with van der Waals surface area (Å²) in [4.78, 5) is 13.2. The van der Waals surface area contributed by atoms with Crippen molar-refractivity contribution in [3.8, 4) is 0 Å². The largest absolute Gasteiger partial charge is 0.387 e. The first kappa shape index (κ1) is 14.3. The molecule has 19 heavy (non-hydrogen) atoms. The molecule has 3 N–H and O–H groups in total. The van der Waals surface area contributed by atoms with Gasteiger partial charge in [0.15, 0.2) is 0 Å². The molecular formula is C14H19ClN2O2. The lowest BCUT2D eigenvalue weighted by atomic mass is 9.96. The summed E-state index contributed by atoms with van der Waals surface area (Å²) < 4.78 is 0. The third-order valence-electron chi connectivity index (χ3n) is 3.68. The predicted octanol–water partition coefficient (Wildman–Crippen LogP) is 1.57. The lowest BCUT2D eigenvalue weighted by molar-refractivity contribution is -0.123. The van der Waals surface area contributed by atoms with Crippen molar-refractivity contribution in [1.29, 1.82) is 0 Å². The Bertz CT molecular complexity index is 428. The maximum atomic E-state index is 11.1. The molecule has 1 aromatic carbocycles. The molecule has 104 valence electrons. The van der Waals surface area contributed by atoms with Crippen molar-refractivity contribution in [2.75, 3.05) is 19.6 Å². The first-order valence-electron chi connectivity index (χ1n) is 6.51. The summed E-state index contributed by atoms with van der Waals surface area (Å²) >= 11 is 5.82. The van der Waals surface area contributed by atoms with Crippen molar-refractivity contribution in [3.63, 3.8) is 0 Å². The summed E-state index contributed by atoms with van der Waals surface area (Å²) in [6.45, 7) is 2.18. The molecule has 0 spiro atoms. The van der Waals surface area contributed by atoms with Gasteiger partial charge in [0.05, 0.1) is 6.10 Å². The zero-order valence-electron chi connectivity index (χ0n) is 10.8. The predicted molar refractivity (Wildman–Crippen MR) is 74.8 cm³/mol. The number of aliphatic hydroxyl groups is 1.